The normalized spacial score (nSPS) is 20.9. The third-order valence-electron chi connectivity index (χ3n) is 7.37. The molecule has 2 amide bonds. The van der Waals surface area contributed by atoms with Crippen LogP contribution in [-0.2, 0) is 9.59 Å². The zero-order chi connectivity index (χ0) is 25.5. The summed E-state index contributed by atoms with van der Waals surface area (Å²) in [6, 6.07) is 7.48. The van der Waals surface area contributed by atoms with Crippen molar-refractivity contribution in [3.05, 3.63) is 51.4 Å². The first-order chi connectivity index (χ1) is 18.0. The van der Waals surface area contributed by atoms with Crippen LogP contribution in [0.5, 0.6) is 0 Å². The maximum absolute atomic E-state index is 13.4. The van der Waals surface area contributed by atoms with Gasteiger partial charge in [0.05, 0.1) is 33.2 Å². The van der Waals surface area contributed by atoms with E-state index < -0.39 is 17.4 Å². The molecule has 0 unspecified atom stereocenters. The van der Waals surface area contributed by atoms with Gasteiger partial charge in [0, 0.05) is 12.5 Å². The summed E-state index contributed by atoms with van der Waals surface area (Å²) in [6.07, 6.45) is 5.30. The lowest BCUT2D eigenvalue weighted by atomic mass is 9.89. The van der Waals surface area contributed by atoms with E-state index in [1.165, 1.54) is 17.3 Å². The molecule has 1 aromatic carbocycles. The van der Waals surface area contributed by atoms with Crippen LogP contribution < -0.4 is 16.2 Å². The number of aromatic nitrogens is 3. The molecular formula is C26H28N6O4S. The maximum atomic E-state index is 13.4. The Morgan fingerprint density at radius 1 is 1.16 bits per heavy atom. The number of carbonyl (C=O) groups excluding carboxylic acids is 2. The minimum absolute atomic E-state index is 0.139. The molecule has 10 nitrogen and oxygen atoms in total. The summed E-state index contributed by atoms with van der Waals surface area (Å²) < 4.78 is 6.10. The Kier molecular flexibility index (Phi) is 6.25. The van der Waals surface area contributed by atoms with E-state index in [-0.39, 0.29) is 28.7 Å². The number of hydrogen-bond acceptors (Lipinski definition) is 8. The monoisotopic (exact) mass is 520 g/mol. The van der Waals surface area contributed by atoms with E-state index in [1.807, 2.05) is 0 Å². The van der Waals surface area contributed by atoms with E-state index >= 15 is 0 Å². The van der Waals surface area contributed by atoms with E-state index in [0.29, 0.717) is 12.5 Å². The number of benzene rings is 1. The number of likely N-dealkylation sites (tertiary alicyclic amines) is 1. The van der Waals surface area contributed by atoms with Crippen LogP contribution >= 0.6 is 11.3 Å². The van der Waals surface area contributed by atoms with Crippen molar-refractivity contribution in [3.63, 3.8) is 0 Å². The van der Waals surface area contributed by atoms with Crippen molar-refractivity contribution in [2.75, 3.05) is 25.0 Å². The smallest absolute Gasteiger partial charge is 0.313 e. The van der Waals surface area contributed by atoms with Gasteiger partial charge in [-0.15, -0.1) is 11.3 Å². The second-order valence-corrected chi connectivity index (χ2v) is 11.1. The molecule has 37 heavy (non-hydrogen) atoms. The minimum atomic E-state index is -0.761. The quantitative estimate of drug-likeness (QED) is 0.352. The molecule has 0 bridgehead atoms. The standard InChI is InChI=1S/C26H28N6O4S/c1-14-2-4-20(16-3-5-21-19(10-16)30-25(37-21)15-6-8-27-9-7-15)32(13-14)26(35)23(34)29-17-11-18-22(33)31-36-24(18)28-12-17/h3,5,10-12,14-15,20,27H,2,4,6-9,13H2,1H3,(H,29,34)(H,31,33)/t14-,20+/m0/s1. The first kappa shape index (κ1) is 23.8. The van der Waals surface area contributed by atoms with Crippen molar-refractivity contribution in [2.24, 2.45) is 5.92 Å². The lowest BCUT2D eigenvalue weighted by molar-refractivity contribution is -0.146. The SMILES string of the molecule is C[C@H]1CC[C@H](c2ccc3sc(C4CCNCC4)nc3c2)N(C(=O)C(=O)Nc2cnc3o[nH]c(=O)c3c2)C1. The fraction of sp³-hybridized carbons (Fsp3) is 0.423. The van der Waals surface area contributed by atoms with Crippen molar-refractivity contribution in [2.45, 2.75) is 44.6 Å². The van der Waals surface area contributed by atoms with Gasteiger partial charge in [0.1, 0.15) is 5.39 Å². The number of pyridine rings is 1. The number of anilines is 1. The van der Waals surface area contributed by atoms with Crippen molar-refractivity contribution < 1.29 is 14.1 Å². The van der Waals surface area contributed by atoms with Gasteiger partial charge in [-0.3, -0.25) is 14.4 Å². The van der Waals surface area contributed by atoms with E-state index in [1.54, 1.807) is 16.2 Å². The largest absolute Gasteiger partial charge is 0.358 e. The molecule has 2 aliphatic rings. The number of nitrogens with one attached hydrogen (secondary N) is 3. The summed E-state index contributed by atoms with van der Waals surface area (Å²) in [5.74, 6) is -0.592. The number of H-pyrrole nitrogens is 1. The van der Waals surface area contributed by atoms with Crippen LogP contribution in [0.15, 0.2) is 39.8 Å². The molecule has 3 aromatic heterocycles. The molecule has 3 N–H and O–H groups in total. The fourth-order valence-corrected chi connectivity index (χ4v) is 6.48. The molecule has 5 heterocycles. The number of carbonyl (C=O) groups is 2. The average Bonchev–Trinajstić information content (AvgIpc) is 3.51. The van der Waals surface area contributed by atoms with Gasteiger partial charge in [0.25, 0.3) is 11.3 Å². The lowest BCUT2D eigenvalue weighted by Crippen LogP contribution is -2.46. The van der Waals surface area contributed by atoms with Crippen molar-refractivity contribution >= 4 is 50.2 Å². The highest BCUT2D eigenvalue weighted by atomic mass is 32.1. The minimum Gasteiger partial charge on any atom is -0.358 e. The second-order valence-electron chi connectivity index (χ2n) is 10.0. The van der Waals surface area contributed by atoms with E-state index in [2.05, 4.69) is 45.9 Å². The van der Waals surface area contributed by atoms with Crippen LogP contribution in [0.4, 0.5) is 5.69 Å². The first-order valence-corrected chi connectivity index (χ1v) is 13.5. The number of piperidine rings is 2. The Bertz CT molecular complexity index is 1530. The molecule has 4 aromatic rings. The zero-order valence-corrected chi connectivity index (χ0v) is 21.3. The van der Waals surface area contributed by atoms with Gasteiger partial charge in [-0.05, 0) is 68.5 Å². The predicted molar refractivity (Wildman–Crippen MR) is 141 cm³/mol. The third kappa shape index (κ3) is 4.64. The van der Waals surface area contributed by atoms with Gasteiger partial charge in [-0.25, -0.2) is 9.97 Å². The van der Waals surface area contributed by atoms with Crippen molar-refractivity contribution in [1.29, 1.82) is 0 Å². The Morgan fingerprint density at radius 2 is 2.00 bits per heavy atom. The van der Waals surface area contributed by atoms with Crippen LogP contribution in [0.3, 0.4) is 0 Å². The maximum Gasteiger partial charge on any atom is 0.313 e. The number of hydrogen-bond donors (Lipinski definition) is 3. The molecular weight excluding hydrogens is 492 g/mol. The molecule has 2 saturated heterocycles. The average molecular weight is 521 g/mol. The lowest BCUT2D eigenvalue weighted by Gasteiger charge is -2.38. The van der Waals surface area contributed by atoms with Crippen LogP contribution in [0.25, 0.3) is 21.3 Å². The van der Waals surface area contributed by atoms with Gasteiger partial charge in [0.2, 0.25) is 0 Å². The number of thiazole rings is 1. The van der Waals surface area contributed by atoms with E-state index in [9.17, 15) is 14.4 Å². The van der Waals surface area contributed by atoms with Crippen LogP contribution in [-0.4, -0.2) is 51.5 Å². The summed E-state index contributed by atoms with van der Waals surface area (Å²) in [6.45, 7) is 4.62. The zero-order valence-electron chi connectivity index (χ0n) is 20.5. The number of fused-ring (bicyclic) bond motifs is 2. The number of rotatable bonds is 3. The molecule has 2 atom stereocenters. The van der Waals surface area contributed by atoms with Gasteiger partial charge < -0.3 is 20.1 Å². The van der Waals surface area contributed by atoms with Gasteiger partial charge in [-0.1, -0.05) is 13.0 Å². The molecule has 0 saturated carbocycles. The number of nitrogens with zero attached hydrogens (tertiary/aromatic N) is 3. The molecule has 11 heteroatoms. The fourth-order valence-electron chi connectivity index (χ4n) is 5.37. The van der Waals surface area contributed by atoms with Crippen LogP contribution in [0.2, 0.25) is 0 Å². The van der Waals surface area contributed by atoms with E-state index in [4.69, 9.17) is 9.51 Å². The second kappa shape index (κ2) is 9.71. The first-order valence-electron chi connectivity index (χ1n) is 12.7. The summed E-state index contributed by atoms with van der Waals surface area (Å²) in [4.78, 5) is 48.8. The van der Waals surface area contributed by atoms with Gasteiger partial charge in [-0.2, -0.15) is 5.16 Å². The molecule has 2 aliphatic heterocycles. The highest BCUT2D eigenvalue weighted by Crippen LogP contribution is 2.37. The van der Waals surface area contributed by atoms with Crippen LogP contribution in [0.1, 0.15) is 55.1 Å². The Morgan fingerprint density at radius 3 is 2.84 bits per heavy atom. The number of aromatic amines is 1. The number of amides is 2. The molecule has 192 valence electrons. The predicted octanol–water partition coefficient (Wildman–Crippen LogP) is 3.53. The molecule has 0 spiro atoms. The van der Waals surface area contributed by atoms with Crippen molar-refractivity contribution in [3.8, 4) is 0 Å². The Labute approximate surface area is 216 Å². The molecule has 0 aliphatic carbocycles. The highest BCUT2D eigenvalue weighted by molar-refractivity contribution is 7.18. The van der Waals surface area contributed by atoms with Gasteiger partial charge >= 0.3 is 11.8 Å². The Balaban J connectivity index is 1.24. The molecule has 0 radical (unpaired) electrons. The Hall–Kier alpha value is -3.57. The van der Waals surface area contributed by atoms with Gasteiger partial charge in [0.15, 0.2) is 0 Å². The third-order valence-corrected chi connectivity index (χ3v) is 8.57. The molecule has 6 rings (SSSR count). The topological polar surface area (TPSA) is 133 Å². The molecule has 2 fully saturated rings. The van der Waals surface area contributed by atoms with Crippen LogP contribution in [0, 0.1) is 5.92 Å². The van der Waals surface area contributed by atoms with E-state index in [0.717, 1.165) is 54.6 Å². The van der Waals surface area contributed by atoms with Crippen molar-refractivity contribution in [1.82, 2.24) is 25.3 Å². The summed E-state index contributed by atoms with van der Waals surface area (Å²) in [5, 5.41) is 9.60. The summed E-state index contributed by atoms with van der Waals surface area (Å²) in [7, 11) is 0. The summed E-state index contributed by atoms with van der Waals surface area (Å²) in [5.41, 5.74) is 1.90. The highest BCUT2D eigenvalue weighted by Gasteiger charge is 2.34. The summed E-state index contributed by atoms with van der Waals surface area (Å²) >= 11 is 1.75.